The van der Waals surface area contributed by atoms with E-state index >= 15 is 0 Å². The molecule has 4 nitrogen and oxygen atoms in total. The Bertz CT molecular complexity index is 617. The van der Waals surface area contributed by atoms with Gasteiger partial charge in [0.05, 0.1) is 13.2 Å². The van der Waals surface area contributed by atoms with Gasteiger partial charge < -0.3 is 14.9 Å². The molecule has 0 fully saturated rings. The third-order valence-electron chi connectivity index (χ3n) is 4.76. The molecule has 0 aromatic heterocycles. The number of hydrogen-bond donors (Lipinski definition) is 2. The lowest BCUT2D eigenvalue weighted by atomic mass is 9.68. The van der Waals surface area contributed by atoms with Crippen LogP contribution in [0.5, 0.6) is 5.75 Å². The number of carbonyl (C=O) groups is 1. The topological polar surface area (TPSA) is 66.8 Å². The van der Waals surface area contributed by atoms with Crippen molar-refractivity contribution in [1.82, 2.24) is 0 Å². The summed E-state index contributed by atoms with van der Waals surface area (Å²) in [5, 5.41) is 19.7. The van der Waals surface area contributed by atoms with Gasteiger partial charge in [-0.05, 0) is 41.7 Å². The van der Waals surface area contributed by atoms with Crippen LogP contribution in [-0.2, 0) is 11.2 Å². The van der Waals surface area contributed by atoms with E-state index in [1.54, 1.807) is 7.11 Å². The average Bonchev–Trinajstić information content (AvgIpc) is 2.71. The van der Waals surface area contributed by atoms with Crippen molar-refractivity contribution in [1.29, 1.82) is 0 Å². The quantitative estimate of drug-likeness (QED) is 0.868. The molecule has 2 N–H and O–H groups in total. The molecule has 0 saturated carbocycles. The number of aliphatic hydroxyl groups excluding tert-OH is 1. The Morgan fingerprint density at radius 3 is 2.85 bits per heavy atom. The Hall–Kier alpha value is -1.81. The normalized spacial score (nSPS) is 28.1. The van der Waals surface area contributed by atoms with Gasteiger partial charge in [-0.15, -0.1) is 0 Å². The number of aliphatic carboxylic acids is 1. The molecule has 0 heterocycles. The highest BCUT2D eigenvalue weighted by molar-refractivity contribution is 6.00. The van der Waals surface area contributed by atoms with Crippen molar-refractivity contribution in [3.63, 3.8) is 0 Å². The molecule has 4 heteroatoms. The summed E-state index contributed by atoms with van der Waals surface area (Å²) in [6.45, 7) is 1.97. The lowest BCUT2D eigenvalue weighted by Crippen LogP contribution is -2.32. The summed E-state index contributed by atoms with van der Waals surface area (Å²) < 4.78 is 5.23. The summed E-state index contributed by atoms with van der Waals surface area (Å²) in [7, 11) is 1.62. The van der Waals surface area contributed by atoms with Crippen molar-refractivity contribution in [3.05, 3.63) is 34.9 Å². The molecule has 2 aliphatic rings. The maximum Gasteiger partial charge on any atom is 0.331 e. The number of ether oxygens (including phenoxy) is 1. The molecular formula is C16H18O4. The lowest BCUT2D eigenvalue weighted by Gasteiger charge is -2.37. The standard InChI is InChI=1S/C16H18O4/c1-16-6-5-9-7-10(20-2)3-4-11(9)14(16)12(15(18)19)8-13(16)17/h3-4,7,13,17H,5-6,8H2,1-2H3,(H,18,19)/t13-,16+/m0/s1. The van der Waals surface area contributed by atoms with Gasteiger partial charge in [0.15, 0.2) is 0 Å². The predicted octanol–water partition coefficient (Wildman–Crippen LogP) is 2.25. The zero-order valence-electron chi connectivity index (χ0n) is 11.6. The Kier molecular flexibility index (Phi) is 2.87. The van der Waals surface area contributed by atoms with Gasteiger partial charge in [-0.1, -0.05) is 13.0 Å². The summed E-state index contributed by atoms with van der Waals surface area (Å²) in [6.07, 6.45) is 1.21. The second-order valence-electron chi connectivity index (χ2n) is 5.82. The van der Waals surface area contributed by atoms with E-state index in [4.69, 9.17) is 4.74 Å². The average molecular weight is 274 g/mol. The summed E-state index contributed by atoms with van der Waals surface area (Å²) in [5.41, 5.74) is 2.76. The van der Waals surface area contributed by atoms with Crippen molar-refractivity contribution >= 4 is 11.5 Å². The number of rotatable bonds is 2. The van der Waals surface area contributed by atoms with Gasteiger partial charge in [-0.25, -0.2) is 4.79 Å². The van der Waals surface area contributed by atoms with E-state index in [9.17, 15) is 15.0 Å². The van der Waals surface area contributed by atoms with E-state index in [1.807, 2.05) is 25.1 Å². The largest absolute Gasteiger partial charge is 0.497 e. The van der Waals surface area contributed by atoms with Crippen LogP contribution in [0.1, 0.15) is 30.9 Å². The number of aliphatic hydroxyl groups is 1. The van der Waals surface area contributed by atoms with Crippen LogP contribution in [0.3, 0.4) is 0 Å². The highest BCUT2D eigenvalue weighted by Gasteiger charge is 2.48. The van der Waals surface area contributed by atoms with E-state index < -0.39 is 17.5 Å². The van der Waals surface area contributed by atoms with Crippen LogP contribution >= 0.6 is 0 Å². The van der Waals surface area contributed by atoms with Gasteiger partial charge in [-0.3, -0.25) is 0 Å². The zero-order chi connectivity index (χ0) is 14.5. The van der Waals surface area contributed by atoms with Crippen LogP contribution in [0.2, 0.25) is 0 Å². The van der Waals surface area contributed by atoms with Crippen LogP contribution in [0.25, 0.3) is 5.57 Å². The SMILES string of the molecule is COc1ccc2c(c1)CC[C@@]1(C)C2=C(C(=O)O)C[C@@H]1O. The fraction of sp³-hybridized carbons (Fsp3) is 0.438. The van der Waals surface area contributed by atoms with E-state index in [-0.39, 0.29) is 6.42 Å². The first-order valence-corrected chi connectivity index (χ1v) is 6.79. The number of aryl methyl sites for hydroxylation is 1. The molecule has 0 unspecified atom stereocenters. The number of hydrogen-bond acceptors (Lipinski definition) is 3. The van der Waals surface area contributed by atoms with Crippen molar-refractivity contribution in [3.8, 4) is 5.75 Å². The molecule has 1 aromatic carbocycles. The summed E-state index contributed by atoms with van der Waals surface area (Å²) in [5.74, 6) is -0.144. The zero-order valence-corrected chi connectivity index (χ0v) is 11.6. The van der Waals surface area contributed by atoms with Crippen LogP contribution < -0.4 is 4.74 Å². The Morgan fingerprint density at radius 2 is 2.20 bits per heavy atom. The second-order valence-corrected chi connectivity index (χ2v) is 5.82. The van der Waals surface area contributed by atoms with E-state index in [1.165, 1.54) is 0 Å². The van der Waals surface area contributed by atoms with Gasteiger partial charge in [-0.2, -0.15) is 0 Å². The first kappa shape index (κ1) is 13.2. The summed E-state index contributed by atoms with van der Waals surface area (Å²) in [4.78, 5) is 11.5. The minimum absolute atomic E-state index is 0.229. The number of fused-ring (bicyclic) bond motifs is 3. The second kappa shape index (κ2) is 4.35. The van der Waals surface area contributed by atoms with Gasteiger partial charge in [0.1, 0.15) is 5.75 Å². The Balaban J connectivity index is 2.22. The summed E-state index contributed by atoms with van der Waals surface area (Å²) >= 11 is 0. The monoisotopic (exact) mass is 274 g/mol. The van der Waals surface area contributed by atoms with Gasteiger partial charge in [0, 0.05) is 17.4 Å². The molecule has 0 radical (unpaired) electrons. The van der Waals surface area contributed by atoms with Crippen molar-refractivity contribution in [2.45, 2.75) is 32.3 Å². The van der Waals surface area contributed by atoms with Crippen LogP contribution in [-0.4, -0.2) is 29.4 Å². The Morgan fingerprint density at radius 1 is 1.45 bits per heavy atom. The minimum Gasteiger partial charge on any atom is -0.497 e. The van der Waals surface area contributed by atoms with Crippen molar-refractivity contribution in [2.75, 3.05) is 7.11 Å². The molecule has 1 aromatic rings. The first-order chi connectivity index (χ1) is 9.47. The third kappa shape index (κ3) is 1.68. The maximum atomic E-state index is 11.5. The molecule has 0 spiro atoms. The van der Waals surface area contributed by atoms with Crippen molar-refractivity contribution < 1.29 is 19.7 Å². The fourth-order valence-electron chi connectivity index (χ4n) is 3.53. The molecular weight excluding hydrogens is 256 g/mol. The van der Waals surface area contributed by atoms with Gasteiger partial charge in [0.25, 0.3) is 0 Å². The number of benzene rings is 1. The Labute approximate surface area is 117 Å². The maximum absolute atomic E-state index is 11.5. The minimum atomic E-state index is -0.925. The van der Waals surface area contributed by atoms with Crippen molar-refractivity contribution in [2.24, 2.45) is 5.41 Å². The van der Waals surface area contributed by atoms with Gasteiger partial charge >= 0.3 is 5.97 Å². The number of carboxylic acid groups (broad SMARTS) is 1. The molecule has 106 valence electrons. The molecule has 0 bridgehead atoms. The number of carboxylic acids is 1. The highest BCUT2D eigenvalue weighted by Crippen LogP contribution is 2.55. The molecule has 0 aliphatic heterocycles. The first-order valence-electron chi connectivity index (χ1n) is 6.79. The van der Waals surface area contributed by atoms with E-state index in [0.29, 0.717) is 5.57 Å². The highest BCUT2D eigenvalue weighted by atomic mass is 16.5. The molecule has 3 rings (SSSR count). The fourth-order valence-corrected chi connectivity index (χ4v) is 3.53. The molecule has 2 atom stereocenters. The molecule has 0 saturated heterocycles. The van der Waals surface area contributed by atoms with E-state index in [2.05, 4.69) is 0 Å². The summed E-state index contributed by atoms with van der Waals surface area (Å²) in [6, 6.07) is 5.73. The van der Waals surface area contributed by atoms with E-state index in [0.717, 1.165) is 35.3 Å². The lowest BCUT2D eigenvalue weighted by molar-refractivity contribution is -0.132. The number of methoxy groups -OCH3 is 1. The molecule has 0 amide bonds. The van der Waals surface area contributed by atoms with Crippen LogP contribution in [0.15, 0.2) is 23.8 Å². The van der Waals surface area contributed by atoms with Crippen LogP contribution in [0, 0.1) is 5.41 Å². The van der Waals surface area contributed by atoms with Gasteiger partial charge in [0.2, 0.25) is 0 Å². The molecule has 2 aliphatic carbocycles. The van der Waals surface area contributed by atoms with Crippen LogP contribution in [0.4, 0.5) is 0 Å². The third-order valence-corrected chi connectivity index (χ3v) is 4.76. The predicted molar refractivity (Wildman–Crippen MR) is 74.6 cm³/mol. The molecule has 20 heavy (non-hydrogen) atoms. The smallest absolute Gasteiger partial charge is 0.331 e.